The summed E-state index contributed by atoms with van der Waals surface area (Å²) in [5, 5.41) is 5.53. The van der Waals surface area contributed by atoms with Gasteiger partial charge < -0.3 is 10.1 Å². The molecule has 6 heteroatoms. The number of ether oxygens (including phenoxy) is 1. The molecule has 0 aliphatic heterocycles. The first-order valence-electron chi connectivity index (χ1n) is 7.50. The van der Waals surface area contributed by atoms with Gasteiger partial charge >= 0.3 is 5.97 Å². The van der Waals surface area contributed by atoms with Crippen LogP contribution in [0.4, 0.5) is 5.69 Å². The molecule has 5 nitrogen and oxygen atoms in total. The summed E-state index contributed by atoms with van der Waals surface area (Å²) in [7, 11) is 0. The summed E-state index contributed by atoms with van der Waals surface area (Å²) in [6.07, 6.45) is 1.00. The lowest BCUT2D eigenvalue weighted by atomic mass is 10.2. The number of aromatic nitrogens is 1. The van der Waals surface area contributed by atoms with E-state index in [0.29, 0.717) is 5.69 Å². The molecule has 0 fully saturated rings. The Labute approximate surface area is 143 Å². The van der Waals surface area contributed by atoms with Crippen LogP contribution in [-0.2, 0) is 20.7 Å². The first-order valence-corrected chi connectivity index (χ1v) is 8.38. The summed E-state index contributed by atoms with van der Waals surface area (Å²) < 4.78 is 5.21. The van der Waals surface area contributed by atoms with E-state index in [1.807, 2.05) is 41.8 Å². The molecule has 0 aliphatic carbocycles. The Morgan fingerprint density at radius 1 is 1.21 bits per heavy atom. The predicted molar refractivity (Wildman–Crippen MR) is 93.9 cm³/mol. The maximum absolute atomic E-state index is 12.3. The smallest absolute Gasteiger partial charge is 0.311 e. The summed E-state index contributed by atoms with van der Waals surface area (Å²) in [5.41, 5.74) is 1.43. The molecule has 0 spiro atoms. The van der Waals surface area contributed by atoms with Crippen LogP contribution in [-0.4, -0.2) is 23.0 Å². The largest absolute Gasteiger partial charge is 0.452 e. The Bertz CT molecular complexity index is 856. The fourth-order valence-electron chi connectivity index (χ4n) is 2.29. The van der Waals surface area contributed by atoms with Crippen molar-refractivity contribution < 1.29 is 14.3 Å². The van der Waals surface area contributed by atoms with Crippen LogP contribution in [0.25, 0.3) is 10.9 Å². The lowest BCUT2D eigenvalue weighted by molar-refractivity contribution is -0.152. The molecule has 0 saturated heterocycles. The lowest BCUT2D eigenvalue weighted by Gasteiger charge is -2.14. The number of pyridine rings is 1. The highest BCUT2D eigenvalue weighted by atomic mass is 32.1. The van der Waals surface area contributed by atoms with E-state index in [-0.39, 0.29) is 12.3 Å². The Morgan fingerprint density at radius 2 is 2.08 bits per heavy atom. The molecule has 1 amide bonds. The van der Waals surface area contributed by atoms with Crippen LogP contribution in [0, 0.1) is 0 Å². The summed E-state index contributed by atoms with van der Waals surface area (Å²) >= 11 is 1.48. The van der Waals surface area contributed by atoms with Crippen molar-refractivity contribution in [2.45, 2.75) is 19.4 Å². The van der Waals surface area contributed by atoms with Crippen molar-refractivity contribution in [3.05, 3.63) is 58.9 Å². The molecule has 3 rings (SSSR count). The molecular weight excluding hydrogens is 324 g/mol. The molecule has 0 bridgehead atoms. The van der Waals surface area contributed by atoms with Gasteiger partial charge in [0.05, 0.1) is 17.6 Å². The lowest BCUT2D eigenvalue weighted by Crippen LogP contribution is -2.30. The average molecular weight is 340 g/mol. The van der Waals surface area contributed by atoms with Crippen LogP contribution in [0.5, 0.6) is 0 Å². The molecule has 0 aliphatic rings. The molecule has 0 unspecified atom stereocenters. The Kier molecular flexibility index (Phi) is 4.86. The number of nitrogens with one attached hydrogen (secondary N) is 1. The van der Waals surface area contributed by atoms with E-state index in [2.05, 4.69) is 10.3 Å². The van der Waals surface area contributed by atoms with Gasteiger partial charge in [-0.05, 0) is 42.6 Å². The van der Waals surface area contributed by atoms with Crippen molar-refractivity contribution in [1.82, 2.24) is 4.98 Å². The van der Waals surface area contributed by atoms with Gasteiger partial charge in [0.2, 0.25) is 0 Å². The SMILES string of the molecule is C[C@H](OC(=O)Cc1cccs1)C(=O)Nc1cccc2ncccc12. The number of benzene rings is 1. The highest BCUT2D eigenvalue weighted by molar-refractivity contribution is 7.10. The topological polar surface area (TPSA) is 68.3 Å². The van der Waals surface area contributed by atoms with Gasteiger partial charge in [-0.2, -0.15) is 0 Å². The number of hydrogen-bond donors (Lipinski definition) is 1. The van der Waals surface area contributed by atoms with E-state index in [0.717, 1.165) is 15.8 Å². The number of carbonyl (C=O) groups excluding carboxylic acids is 2. The van der Waals surface area contributed by atoms with E-state index in [1.54, 1.807) is 19.2 Å². The maximum Gasteiger partial charge on any atom is 0.311 e. The number of esters is 1. The molecule has 3 aromatic rings. The summed E-state index contributed by atoms with van der Waals surface area (Å²) in [4.78, 5) is 29.3. The Morgan fingerprint density at radius 3 is 2.88 bits per heavy atom. The monoisotopic (exact) mass is 340 g/mol. The fourth-order valence-corrected chi connectivity index (χ4v) is 2.98. The van der Waals surface area contributed by atoms with Gasteiger partial charge in [0.15, 0.2) is 6.10 Å². The molecule has 122 valence electrons. The molecule has 1 atom stereocenters. The van der Waals surface area contributed by atoms with Crippen molar-refractivity contribution in [3.8, 4) is 0 Å². The number of fused-ring (bicyclic) bond motifs is 1. The molecule has 24 heavy (non-hydrogen) atoms. The van der Waals surface area contributed by atoms with Crippen LogP contribution in [0.2, 0.25) is 0 Å². The normalized spacial score (nSPS) is 11.9. The molecule has 0 saturated carbocycles. The van der Waals surface area contributed by atoms with Crippen molar-refractivity contribution in [2.24, 2.45) is 0 Å². The number of nitrogens with zero attached hydrogens (tertiary/aromatic N) is 1. The second kappa shape index (κ2) is 7.23. The first kappa shape index (κ1) is 16.1. The second-order valence-electron chi connectivity index (χ2n) is 5.25. The minimum Gasteiger partial charge on any atom is -0.452 e. The highest BCUT2D eigenvalue weighted by Gasteiger charge is 2.19. The van der Waals surface area contributed by atoms with Gasteiger partial charge in [-0.1, -0.05) is 12.1 Å². The van der Waals surface area contributed by atoms with E-state index in [1.165, 1.54) is 11.3 Å². The third kappa shape index (κ3) is 3.78. The fraction of sp³-hybridized carbons (Fsp3) is 0.167. The third-order valence-electron chi connectivity index (χ3n) is 3.48. The van der Waals surface area contributed by atoms with E-state index in [4.69, 9.17) is 4.74 Å². The minimum absolute atomic E-state index is 0.174. The summed E-state index contributed by atoms with van der Waals surface area (Å²) in [5.74, 6) is -0.787. The summed E-state index contributed by atoms with van der Waals surface area (Å²) in [6, 6.07) is 12.9. The van der Waals surface area contributed by atoms with Crippen LogP contribution in [0.1, 0.15) is 11.8 Å². The van der Waals surface area contributed by atoms with Crippen LogP contribution < -0.4 is 5.32 Å². The quantitative estimate of drug-likeness (QED) is 0.723. The Balaban J connectivity index is 1.64. The third-order valence-corrected chi connectivity index (χ3v) is 4.36. The van der Waals surface area contributed by atoms with Gasteiger partial charge in [-0.25, -0.2) is 0 Å². The number of hydrogen-bond acceptors (Lipinski definition) is 5. The molecule has 1 aromatic carbocycles. The summed E-state index contributed by atoms with van der Waals surface area (Å²) in [6.45, 7) is 1.56. The van der Waals surface area contributed by atoms with Crippen LogP contribution >= 0.6 is 11.3 Å². The molecule has 0 radical (unpaired) electrons. The van der Waals surface area contributed by atoms with Gasteiger partial charge in [0.1, 0.15) is 0 Å². The molecule has 2 heterocycles. The van der Waals surface area contributed by atoms with E-state index >= 15 is 0 Å². The zero-order chi connectivity index (χ0) is 16.9. The van der Waals surface area contributed by atoms with Gasteiger partial charge in [-0.3, -0.25) is 14.6 Å². The predicted octanol–water partition coefficient (Wildman–Crippen LogP) is 3.41. The van der Waals surface area contributed by atoms with E-state index in [9.17, 15) is 9.59 Å². The van der Waals surface area contributed by atoms with Crippen molar-refractivity contribution in [3.63, 3.8) is 0 Å². The van der Waals surface area contributed by atoms with Crippen molar-refractivity contribution in [2.75, 3.05) is 5.32 Å². The number of anilines is 1. The first-order chi connectivity index (χ1) is 11.6. The number of rotatable bonds is 5. The van der Waals surface area contributed by atoms with Gasteiger partial charge in [-0.15, -0.1) is 11.3 Å². The number of amides is 1. The minimum atomic E-state index is -0.871. The van der Waals surface area contributed by atoms with Crippen molar-refractivity contribution >= 4 is 39.8 Å². The highest BCUT2D eigenvalue weighted by Crippen LogP contribution is 2.21. The van der Waals surface area contributed by atoms with Crippen LogP contribution in [0.3, 0.4) is 0 Å². The van der Waals surface area contributed by atoms with Crippen LogP contribution in [0.15, 0.2) is 54.0 Å². The molecular formula is C18H16N2O3S. The zero-order valence-electron chi connectivity index (χ0n) is 13.1. The second-order valence-corrected chi connectivity index (χ2v) is 6.29. The maximum atomic E-state index is 12.3. The average Bonchev–Trinajstić information content (AvgIpc) is 3.08. The standard InChI is InChI=1S/C18H16N2O3S/c1-12(23-17(21)11-13-5-4-10-24-13)18(22)20-16-8-2-7-15-14(16)6-3-9-19-15/h2-10,12H,11H2,1H3,(H,20,22)/t12-/m0/s1. The zero-order valence-corrected chi connectivity index (χ0v) is 13.9. The van der Waals surface area contributed by atoms with Crippen molar-refractivity contribution in [1.29, 1.82) is 0 Å². The molecule has 2 aromatic heterocycles. The van der Waals surface area contributed by atoms with E-state index < -0.39 is 12.1 Å². The molecule has 1 N–H and O–H groups in total. The number of thiophene rings is 1. The Hall–Kier alpha value is -2.73. The number of carbonyl (C=O) groups is 2. The van der Waals surface area contributed by atoms with Gasteiger partial charge in [0, 0.05) is 16.5 Å². The van der Waals surface area contributed by atoms with Gasteiger partial charge in [0.25, 0.3) is 5.91 Å².